The summed E-state index contributed by atoms with van der Waals surface area (Å²) in [5.74, 6) is 1.30. The van der Waals surface area contributed by atoms with Crippen LogP contribution in [0.2, 0.25) is 0 Å². The Kier molecular flexibility index (Phi) is 2.19. The smallest absolute Gasteiger partial charge is 0.144 e. The summed E-state index contributed by atoms with van der Waals surface area (Å²) in [6.07, 6.45) is 9.30. The third-order valence-corrected chi connectivity index (χ3v) is 2.89. The van der Waals surface area contributed by atoms with Crippen LogP contribution >= 0.6 is 0 Å². The van der Waals surface area contributed by atoms with E-state index in [-0.39, 0.29) is 0 Å². The first-order chi connectivity index (χ1) is 6.62. The van der Waals surface area contributed by atoms with Crippen LogP contribution in [0, 0.1) is 5.92 Å². The summed E-state index contributed by atoms with van der Waals surface area (Å²) in [5, 5.41) is 10.4. The predicted molar refractivity (Wildman–Crippen MR) is 54.6 cm³/mol. The molecule has 3 heteroatoms. The van der Waals surface area contributed by atoms with Crippen LogP contribution < -0.4 is 0 Å². The van der Waals surface area contributed by atoms with Crippen LogP contribution in [0.5, 0.6) is 0 Å². The number of aromatic nitrogens is 2. The van der Waals surface area contributed by atoms with Gasteiger partial charge in [0.1, 0.15) is 11.4 Å². The van der Waals surface area contributed by atoms with Gasteiger partial charge < -0.3 is 9.67 Å². The van der Waals surface area contributed by atoms with Crippen molar-refractivity contribution in [1.82, 2.24) is 9.55 Å². The quantitative estimate of drug-likeness (QED) is 0.686. The number of aliphatic hydroxyl groups is 1. The molecule has 0 saturated heterocycles. The van der Waals surface area contributed by atoms with E-state index in [2.05, 4.69) is 18.0 Å². The zero-order chi connectivity index (χ0) is 10.2. The van der Waals surface area contributed by atoms with E-state index < -0.39 is 5.60 Å². The largest absolute Gasteiger partial charge is 0.378 e. The van der Waals surface area contributed by atoms with E-state index in [0.29, 0.717) is 5.92 Å². The zero-order valence-electron chi connectivity index (χ0n) is 8.64. The molecule has 1 aromatic heterocycles. The number of hydrogen-bond donors (Lipinski definition) is 1. The summed E-state index contributed by atoms with van der Waals surface area (Å²) in [4.78, 5) is 4.20. The van der Waals surface area contributed by atoms with Gasteiger partial charge in [-0.15, -0.1) is 0 Å². The number of hydrogen-bond acceptors (Lipinski definition) is 2. The summed E-state index contributed by atoms with van der Waals surface area (Å²) in [5.41, 5.74) is -0.856. The molecule has 2 unspecified atom stereocenters. The second-order valence-electron chi connectivity index (χ2n) is 4.16. The standard InChI is InChI=1S/C11H16N2O/c1-9-3-5-11(14,6-4-9)10-12-7-8-13(10)2/h3,5,7-9,14H,4,6H2,1-2H3. The van der Waals surface area contributed by atoms with Gasteiger partial charge in [0.05, 0.1) is 0 Å². The van der Waals surface area contributed by atoms with Gasteiger partial charge in [0.15, 0.2) is 0 Å². The molecule has 1 aliphatic rings. The SMILES string of the molecule is CC1C=CC(O)(c2nccn2C)CC1. The molecule has 0 saturated carbocycles. The summed E-state index contributed by atoms with van der Waals surface area (Å²) >= 11 is 0. The van der Waals surface area contributed by atoms with Gasteiger partial charge in [-0.25, -0.2) is 4.98 Å². The molecule has 2 rings (SSSR count). The van der Waals surface area contributed by atoms with Crippen molar-refractivity contribution >= 4 is 0 Å². The van der Waals surface area contributed by atoms with Crippen LogP contribution in [0.4, 0.5) is 0 Å². The first-order valence-electron chi connectivity index (χ1n) is 5.01. The minimum atomic E-state index is -0.856. The van der Waals surface area contributed by atoms with Crippen LogP contribution in [0.25, 0.3) is 0 Å². The van der Waals surface area contributed by atoms with Gasteiger partial charge >= 0.3 is 0 Å². The fraction of sp³-hybridized carbons (Fsp3) is 0.545. The van der Waals surface area contributed by atoms with E-state index >= 15 is 0 Å². The Morgan fingerprint density at radius 1 is 1.64 bits per heavy atom. The summed E-state index contributed by atoms with van der Waals surface area (Å²) in [6.45, 7) is 2.16. The van der Waals surface area contributed by atoms with Crippen molar-refractivity contribution in [3.05, 3.63) is 30.4 Å². The van der Waals surface area contributed by atoms with Crippen LogP contribution in [-0.2, 0) is 12.6 Å². The van der Waals surface area contributed by atoms with Crippen LogP contribution in [0.3, 0.4) is 0 Å². The molecule has 76 valence electrons. The molecule has 3 nitrogen and oxygen atoms in total. The van der Waals surface area contributed by atoms with Crippen molar-refractivity contribution in [2.75, 3.05) is 0 Å². The zero-order valence-corrected chi connectivity index (χ0v) is 8.64. The molecule has 1 N–H and O–H groups in total. The monoisotopic (exact) mass is 192 g/mol. The van der Waals surface area contributed by atoms with Gasteiger partial charge in [0, 0.05) is 19.4 Å². The second-order valence-corrected chi connectivity index (χ2v) is 4.16. The van der Waals surface area contributed by atoms with E-state index in [4.69, 9.17) is 0 Å². The van der Waals surface area contributed by atoms with E-state index in [0.717, 1.165) is 18.7 Å². The average Bonchev–Trinajstić information content (AvgIpc) is 2.58. The summed E-state index contributed by atoms with van der Waals surface area (Å²) < 4.78 is 1.88. The number of nitrogens with zero attached hydrogens (tertiary/aromatic N) is 2. The van der Waals surface area contributed by atoms with Crippen molar-refractivity contribution in [2.45, 2.75) is 25.4 Å². The molecule has 0 aliphatic heterocycles. The maximum atomic E-state index is 10.4. The summed E-state index contributed by atoms with van der Waals surface area (Å²) in [6, 6.07) is 0. The third-order valence-electron chi connectivity index (χ3n) is 2.89. The lowest BCUT2D eigenvalue weighted by atomic mass is 9.85. The molecular weight excluding hydrogens is 176 g/mol. The molecule has 1 aromatic rings. The maximum Gasteiger partial charge on any atom is 0.144 e. The highest BCUT2D eigenvalue weighted by atomic mass is 16.3. The Morgan fingerprint density at radius 3 is 2.93 bits per heavy atom. The molecule has 1 heterocycles. The highest BCUT2D eigenvalue weighted by Gasteiger charge is 2.32. The number of allylic oxidation sites excluding steroid dienone is 1. The molecule has 1 aliphatic carbocycles. The van der Waals surface area contributed by atoms with Gasteiger partial charge in [0.2, 0.25) is 0 Å². The molecule has 0 spiro atoms. The van der Waals surface area contributed by atoms with E-state index in [1.807, 2.05) is 23.9 Å². The summed E-state index contributed by atoms with van der Waals surface area (Å²) in [7, 11) is 1.91. The Labute approximate surface area is 84.1 Å². The molecule has 14 heavy (non-hydrogen) atoms. The lowest BCUT2D eigenvalue weighted by molar-refractivity contribution is 0.0555. The lowest BCUT2D eigenvalue weighted by Gasteiger charge is -2.29. The van der Waals surface area contributed by atoms with Gasteiger partial charge in [-0.05, 0) is 24.8 Å². The van der Waals surface area contributed by atoms with Crippen molar-refractivity contribution in [3.8, 4) is 0 Å². The molecule has 2 atom stereocenters. The van der Waals surface area contributed by atoms with Crippen LogP contribution in [0.15, 0.2) is 24.5 Å². The number of aryl methyl sites for hydroxylation is 1. The lowest BCUT2D eigenvalue weighted by Crippen LogP contribution is -2.29. The Morgan fingerprint density at radius 2 is 2.43 bits per heavy atom. The van der Waals surface area contributed by atoms with Crippen molar-refractivity contribution in [2.24, 2.45) is 13.0 Å². The van der Waals surface area contributed by atoms with Crippen LogP contribution in [0.1, 0.15) is 25.6 Å². The van der Waals surface area contributed by atoms with E-state index in [1.165, 1.54) is 0 Å². The minimum absolute atomic E-state index is 0.565. The van der Waals surface area contributed by atoms with Crippen molar-refractivity contribution < 1.29 is 5.11 Å². The molecular formula is C11H16N2O. The highest BCUT2D eigenvalue weighted by molar-refractivity contribution is 5.17. The predicted octanol–water partition coefficient (Wildman–Crippen LogP) is 1.59. The van der Waals surface area contributed by atoms with Crippen LogP contribution in [-0.4, -0.2) is 14.7 Å². The number of imidazole rings is 1. The average molecular weight is 192 g/mol. The molecule has 0 fully saturated rings. The fourth-order valence-electron chi connectivity index (χ4n) is 1.92. The first-order valence-corrected chi connectivity index (χ1v) is 5.01. The van der Waals surface area contributed by atoms with E-state index in [1.54, 1.807) is 6.20 Å². The van der Waals surface area contributed by atoms with Gasteiger partial charge in [-0.1, -0.05) is 13.0 Å². The molecule has 0 bridgehead atoms. The first kappa shape index (κ1) is 9.46. The van der Waals surface area contributed by atoms with Gasteiger partial charge in [0.25, 0.3) is 0 Å². The Bertz CT molecular complexity index is 356. The Hall–Kier alpha value is -1.09. The normalized spacial score (nSPS) is 32.1. The highest BCUT2D eigenvalue weighted by Crippen LogP contribution is 2.32. The van der Waals surface area contributed by atoms with Gasteiger partial charge in [-0.2, -0.15) is 0 Å². The fourth-order valence-corrected chi connectivity index (χ4v) is 1.92. The number of rotatable bonds is 1. The van der Waals surface area contributed by atoms with Crippen molar-refractivity contribution in [1.29, 1.82) is 0 Å². The topological polar surface area (TPSA) is 38.1 Å². The molecule has 0 aromatic carbocycles. The second kappa shape index (κ2) is 3.24. The maximum absolute atomic E-state index is 10.4. The van der Waals surface area contributed by atoms with Crippen molar-refractivity contribution in [3.63, 3.8) is 0 Å². The third kappa shape index (κ3) is 1.48. The minimum Gasteiger partial charge on any atom is -0.378 e. The molecule has 0 amide bonds. The van der Waals surface area contributed by atoms with E-state index in [9.17, 15) is 5.11 Å². The van der Waals surface area contributed by atoms with Gasteiger partial charge in [-0.3, -0.25) is 0 Å². The Balaban J connectivity index is 2.34. The molecule has 0 radical (unpaired) electrons.